The minimum Gasteiger partial charge on any atom is -0.319 e. The van der Waals surface area contributed by atoms with Gasteiger partial charge in [-0.15, -0.1) is 0 Å². The van der Waals surface area contributed by atoms with Crippen molar-refractivity contribution in [1.29, 1.82) is 0 Å². The Balaban J connectivity index is 2.23. The van der Waals surface area contributed by atoms with Gasteiger partial charge in [0.2, 0.25) is 0 Å². The molecule has 1 aromatic rings. The summed E-state index contributed by atoms with van der Waals surface area (Å²) >= 11 is 0. The summed E-state index contributed by atoms with van der Waals surface area (Å²) in [5, 5.41) is 3.26. The standard InChI is InChI=1S/C16H25FN2/c1-13(2)19-10-8-16(9-11-19,12-18-3)14-6-4-5-7-15(14)17/h4-7,13,18H,8-12H2,1-3H3. The zero-order valence-electron chi connectivity index (χ0n) is 12.2. The van der Waals surface area contributed by atoms with E-state index in [1.807, 2.05) is 19.2 Å². The third-order valence-electron chi connectivity index (χ3n) is 4.45. The largest absolute Gasteiger partial charge is 0.319 e. The predicted octanol–water partition coefficient (Wildman–Crippen LogP) is 2.79. The van der Waals surface area contributed by atoms with Crippen molar-refractivity contribution in [2.45, 2.75) is 38.1 Å². The molecule has 0 unspecified atom stereocenters. The molecule has 0 spiro atoms. The maximum absolute atomic E-state index is 14.2. The number of nitrogens with zero attached hydrogens (tertiary/aromatic N) is 1. The highest BCUT2D eigenvalue weighted by Gasteiger charge is 2.37. The van der Waals surface area contributed by atoms with Crippen LogP contribution in [0.1, 0.15) is 32.3 Å². The predicted molar refractivity (Wildman–Crippen MR) is 77.9 cm³/mol. The third-order valence-corrected chi connectivity index (χ3v) is 4.45. The smallest absolute Gasteiger partial charge is 0.127 e. The minimum atomic E-state index is -0.0595. The van der Waals surface area contributed by atoms with Gasteiger partial charge >= 0.3 is 0 Å². The quantitative estimate of drug-likeness (QED) is 0.899. The Labute approximate surface area is 116 Å². The van der Waals surface area contributed by atoms with E-state index in [9.17, 15) is 4.39 Å². The normalized spacial score (nSPS) is 19.8. The number of halogens is 1. The first-order valence-electron chi connectivity index (χ1n) is 7.23. The summed E-state index contributed by atoms with van der Waals surface area (Å²) in [6.07, 6.45) is 2.04. The van der Waals surface area contributed by atoms with Gasteiger partial charge in [0.25, 0.3) is 0 Å². The van der Waals surface area contributed by atoms with Gasteiger partial charge in [0.05, 0.1) is 0 Å². The van der Waals surface area contributed by atoms with Gasteiger partial charge in [0, 0.05) is 18.0 Å². The molecule has 0 aliphatic carbocycles. The number of nitrogens with one attached hydrogen (secondary N) is 1. The lowest BCUT2D eigenvalue weighted by molar-refractivity contribution is 0.126. The van der Waals surface area contributed by atoms with E-state index < -0.39 is 0 Å². The lowest BCUT2D eigenvalue weighted by Gasteiger charge is -2.43. The van der Waals surface area contributed by atoms with Crippen molar-refractivity contribution >= 4 is 0 Å². The maximum Gasteiger partial charge on any atom is 0.127 e. The highest BCUT2D eigenvalue weighted by Crippen LogP contribution is 2.36. The van der Waals surface area contributed by atoms with E-state index in [2.05, 4.69) is 24.1 Å². The number of benzene rings is 1. The molecule has 0 saturated carbocycles. The summed E-state index contributed by atoms with van der Waals surface area (Å²) in [5.41, 5.74) is 0.832. The van der Waals surface area contributed by atoms with Crippen LogP contribution in [0.2, 0.25) is 0 Å². The molecule has 1 aliphatic rings. The van der Waals surface area contributed by atoms with E-state index in [0.29, 0.717) is 6.04 Å². The van der Waals surface area contributed by atoms with Gasteiger partial charge in [0.15, 0.2) is 0 Å². The first kappa shape index (κ1) is 14.5. The average molecular weight is 264 g/mol. The van der Waals surface area contributed by atoms with Gasteiger partial charge in [-0.2, -0.15) is 0 Å². The summed E-state index contributed by atoms with van der Waals surface area (Å²) in [7, 11) is 1.96. The SMILES string of the molecule is CNCC1(c2ccccc2F)CCN(C(C)C)CC1. The zero-order valence-corrected chi connectivity index (χ0v) is 12.2. The molecule has 2 nitrogen and oxygen atoms in total. The molecule has 0 bridgehead atoms. The maximum atomic E-state index is 14.2. The van der Waals surface area contributed by atoms with Gasteiger partial charge in [-0.1, -0.05) is 18.2 Å². The Morgan fingerprint density at radius 2 is 1.89 bits per heavy atom. The molecule has 3 heteroatoms. The Morgan fingerprint density at radius 1 is 1.26 bits per heavy atom. The van der Waals surface area contributed by atoms with E-state index >= 15 is 0 Å². The fourth-order valence-electron chi connectivity index (χ4n) is 3.24. The van der Waals surface area contributed by atoms with Crippen molar-refractivity contribution in [3.63, 3.8) is 0 Å². The lowest BCUT2D eigenvalue weighted by atomic mass is 9.72. The molecule has 0 amide bonds. The van der Waals surface area contributed by atoms with Crippen LogP contribution < -0.4 is 5.32 Å². The zero-order chi connectivity index (χ0) is 13.9. The summed E-state index contributed by atoms with van der Waals surface area (Å²) in [5.74, 6) is -0.0595. The Morgan fingerprint density at radius 3 is 2.42 bits per heavy atom. The topological polar surface area (TPSA) is 15.3 Å². The van der Waals surface area contributed by atoms with Crippen molar-refractivity contribution in [3.8, 4) is 0 Å². The first-order chi connectivity index (χ1) is 9.09. The summed E-state index contributed by atoms with van der Waals surface area (Å²) in [4.78, 5) is 2.48. The number of hydrogen-bond donors (Lipinski definition) is 1. The number of hydrogen-bond acceptors (Lipinski definition) is 2. The fraction of sp³-hybridized carbons (Fsp3) is 0.625. The van der Waals surface area contributed by atoms with Gasteiger partial charge in [-0.25, -0.2) is 4.39 Å². The number of piperidine rings is 1. The second-order valence-electron chi connectivity index (χ2n) is 5.92. The third kappa shape index (κ3) is 2.98. The molecule has 0 radical (unpaired) electrons. The van der Waals surface area contributed by atoms with Crippen LogP contribution in [-0.4, -0.2) is 37.6 Å². The molecule has 2 rings (SSSR count). The Kier molecular flexibility index (Phi) is 4.58. The Bertz CT molecular complexity index is 409. The molecule has 1 fully saturated rings. The molecule has 0 aromatic heterocycles. The molecule has 0 atom stereocenters. The minimum absolute atomic E-state index is 0.0501. The Hall–Kier alpha value is -0.930. The van der Waals surface area contributed by atoms with Crippen molar-refractivity contribution in [2.24, 2.45) is 0 Å². The summed E-state index contributed by atoms with van der Waals surface area (Å²) in [6.45, 7) is 7.41. The second kappa shape index (κ2) is 6.02. The van der Waals surface area contributed by atoms with Crippen LogP contribution in [0, 0.1) is 5.82 Å². The van der Waals surface area contributed by atoms with Gasteiger partial charge in [0.1, 0.15) is 5.82 Å². The van der Waals surface area contributed by atoms with E-state index in [1.54, 1.807) is 12.1 Å². The van der Waals surface area contributed by atoms with Crippen LogP contribution in [-0.2, 0) is 5.41 Å². The summed E-state index contributed by atoms with van der Waals surface area (Å²) < 4.78 is 14.2. The number of likely N-dealkylation sites (N-methyl/N-ethyl adjacent to an activating group) is 1. The van der Waals surface area contributed by atoms with Crippen LogP contribution in [0.4, 0.5) is 4.39 Å². The van der Waals surface area contributed by atoms with E-state index in [1.165, 1.54) is 0 Å². The molecule has 1 aromatic carbocycles. The fourth-order valence-corrected chi connectivity index (χ4v) is 3.24. The molecule has 19 heavy (non-hydrogen) atoms. The molecule has 1 saturated heterocycles. The van der Waals surface area contributed by atoms with E-state index in [0.717, 1.165) is 38.0 Å². The molecular formula is C16H25FN2. The molecule has 1 aliphatic heterocycles. The van der Waals surface area contributed by atoms with Gasteiger partial charge < -0.3 is 10.2 Å². The second-order valence-corrected chi connectivity index (χ2v) is 5.92. The first-order valence-corrected chi connectivity index (χ1v) is 7.23. The van der Waals surface area contributed by atoms with Crippen molar-refractivity contribution in [3.05, 3.63) is 35.6 Å². The highest BCUT2D eigenvalue weighted by atomic mass is 19.1. The monoisotopic (exact) mass is 264 g/mol. The average Bonchev–Trinajstić information content (AvgIpc) is 2.40. The van der Waals surface area contributed by atoms with Crippen LogP contribution in [0.15, 0.2) is 24.3 Å². The van der Waals surface area contributed by atoms with E-state index in [-0.39, 0.29) is 11.2 Å². The molecular weight excluding hydrogens is 239 g/mol. The molecule has 106 valence electrons. The van der Waals surface area contributed by atoms with Crippen LogP contribution in [0.25, 0.3) is 0 Å². The summed E-state index contributed by atoms with van der Waals surface area (Å²) in [6, 6.07) is 7.84. The van der Waals surface area contributed by atoms with Crippen molar-refractivity contribution in [1.82, 2.24) is 10.2 Å². The van der Waals surface area contributed by atoms with E-state index in [4.69, 9.17) is 0 Å². The highest BCUT2D eigenvalue weighted by molar-refractivity contribution is 5.28. The van der Waals surface area contributed by atoms with Gasteiger partial charge in [-0.05, 0) is 58.5 Å². The van der Waals surface area contributed by atoms with Crippen molar-refractivity contribution < 1.29 is 4.39 Å². The lowest BCUT2D eigenvalue weighted by Crippen LogP contribution is -2.49. The van der Waals surface area contributed by atoms with Crippen molar-refractivity contribution in [2.75, 3.05) is 26.7 Å². The van der Waals surface area contributed by atoms with Crippen LogP contribution >= 0.6 is 0 Å². The van der Waals surface area contributed by atoms with Crippen LogP contribution in [0.5, 0.6) is 0 Å². The molecule has 1 N–H and O–H groups in total. The van der Waals surface area contributed by atoms with Crippen LogP contribution in [0.3, 0.4) is 0 Å². The number of likely N-dealkylation sites (tertiary alicyclic amines) is 1. The van der Waals surface area contributed by atoms with Gasteiger partial charge in [-0.3, -0.25) is 0 Å². The molecule has 1 heterocycles. The number of rotatable bonds is 4.